The number of hydrogen-bond donors (Lipinski definition) is 2. The molecule has 2 N–H and O–H groups in total. The van der Waals surface area contributed by atoms with Crippen LogP contribution < -0.4 is 5.32 Å². The fourth-order valence-corrected chi connectivity index (χ4v) is 1.39. The Labute approximate surface area is 88.8 Å². The predicted molar refractivity (Wildman–Crippen MR) is 58.1 cm³/mol. The van der Waals surface area contributed by atoms with Gasteiger partial charge in [-0.15, -0.1) is 0 Å². The van der Waals surface area contributed by atoms with Crippen LogP contribution in [0.5, 0.6) is 0 Å². The molecule has 0 aromatic carbocycles. The Kier molecular flexibility index (Phi) is 3.09. The van der Waals surface area contributed by atoms with Crippen LogP contribution in [-0.4, -0.2) is 15.2 Å². The molecule has 0 aliphatic heterocycles. The number of rotatable bonds is 4. The minimum Gasteiger partial charge on any atom is -0.306 e. The van der Waals surface area contributed by atoms with E-state index in [0.29, 0.717) is 6.04 Å². The Morgan fingerprint density at radius 3 is 3.07 bits per heavy atom. The van der Waals surface area contributed by atoms with E-state index in [4.69, 9.17) is 0 Å². The zero-order chi connectivity index (χ0) is 10.5. The summed E-state index contributed by atoms with van der Waals surface area (Å²) in [6, 6.07) is 4.30. The van der Waals surface area contributed by atoms with Crippen LogP contribution in [0.1, 0.15) is 24.1 Å². The van der Waals surface area contributed by atoms with Crippen LogP contribution in [0, 0.1) is 0 Å². The molecule has 0 fully saturated rings. The van der Waals surface area contributed by atoms with Crippen molar-refractivity contribution in [3.8, 4) is 0 Å². The van der Waals surface area contributed by atoms with Gasteiger partial charge in [-0.25, -0.2) is 0 Å². The Hall–Kier alpha value is -1.68. The van der Waals surface area contributed by atoms with E-state index in [2.05, 4.69) is 33.5 Å². The molecule has 1 unspecified atom stereocenters. The third kappa shape index (κ3) is 2.63. The largest absolute Gasteiger partial charge is 0.306 e. The van der Waals surface area contributed by atoms with Gasteiger partial charge in [0.1, 0.15) is 0 Å². The minimum absolute atomic E-state index is 0.295. The number of nitrogens with zero attached hydrogens (tertiary/aromatic N) is 2. The minimum atomic E-state index is 0.295. The molecule has 15 heavy (non-hydrogen) atoms. The van der Waals surface area contributed by atoms with Gasteiger partial charge >= 0.3 is 0 Å². The highest BCUT2D eigenvalue weighted by Crippen LogP contribution is 2.09. The van der Waals surface area contributed by atoms with Gasteiger partial charge in [-0.2, -0.15) is 5.10 Å². The quantitative estimate of drug-likeness (QED) is 0.792. The van der Waals surface area contributed by atoms with Gasteiger partial charge in [0.25, 0.3) is 0 Å². The molecule has 0 saturated carbocycles. The lowest BCUT2D eigenvalue weighted by Gasteiger charge is -2.11. The first-order chi connectivity index (χ1) is 7.36. The van der Waals surface area contributed by atoms with Crippen LogP contribution >= 0.6 is 0 Å². The summed E-state index contributed by atoms with van der Waals surface area (Å²) < 4.78 is 0. The number of H-pyrrole nitrogens is 1. The zero-order valence-electron chi connectivity index (χ0n) is 8.64. The molecule has 4 nitrogen and oxygen atoms in total. The van der Waals surface area contributed by atoms with Crippen LogP contribution in [-0.2, 0) is 6.54 Å². The normalized spacial score (nSPS) is 12.6. The van der Waals surface area contributed by atoms with Crippen molar-refractivity contribution in [2.45, 2.75) is 19.5 Å². The van der Waals surface area contributed by atoms with E-state index >= 15 is 0 Å². The van der Waals surface area contributed by atoms with Gasteiger partial charge in [-0.1, -0.05) is 6.07 Å². The maximum absolute atomic E-state index is 4.07. The van der Waals surface area contributed by atoms with E-state index in [1.54, 1.807) is 6.20 Å². The van der Waals surface area contributed by atoms with Gasteiger partial charge in [0.05, 0.1) is 6.20 Å². The Morgan fingerprint density at radius 2 is 2.40 bits per heavy atom. The first-order valence-corrected chi connectivity index (χ1v) is 4.97. The van der Waals surface area contributed by atoms with E-state index in [-0.39, 0.29) is 0 Å². The fourth-order valence-electron chi connectivity index (χ4n) is 1.39. The van der Waals surface area contributed by atoms with Crippen molar-refractivity contribution in [2.24, 2.45) is 0 Å². The standard InChI is InChI=1S/C11H14N4/c1-9(11-7-14-15-8-11)13-6-10-3-2-4-12-5-10/h2-5,7-9,13H,6H2,1H3,(H,14,15). The molecule has 0 aliphatic carbocycles. The highest BCUT2D eigenvalue weighted by Gasteiger charge is 2.04. The maximum atomic E-state index is 4.07. The zero-order valence-corrected chi connectivity index (χ0v) is 8.64. The molecule has 2 aromatic heterocycles. The summed E-state index contributed by atoms with van der Waals surface area (Å²) in [5.41, 5.74) is 2.35. The van der Waals surface area contributed by atoms with Gasteiger partial charge < -0.3 is 5.32 Å². The summed E-state index contributed by atoms with van der Waals surface area (Å²) in [4.78, 5) is 4.07. The fraction of sp³-hybridized carbons (Fsp3) is 0.273. The van der Waals surface area contributed by atoms with Crippen LogP contribution in [0.3, 0.4) is 0 Å². The van der Waals surface area contributed by atoms with Crippen molar-refractivity contribution in [3.63, 3.8) is 0 Å². The summed E-state index contributed by atoms with van der Waals surface area (Å²) >= 11 is 0. The molecule has 2 aromatic rings. The molecule has 0 amide bonds. The van der Waals surface area contributed by atoms with Gasteiger partial charge in [-0.3, -0.25) is 10.1 Å². The maximum Gasteiger partial charge on any atom is 0.0534 e. The van der Waals surface area contributed by atoms with Crippen molar-refractivity contribution >= 4 is 0 Å². The lowest BCUT2D eigenvalue weighted by atomic mass is 10.2. The van der Waals surface area contributed by atoms with Gasteiger partial charge in [-0.05, 0) is 18.6 Å². The molecule has 0 radical (unpaired) electrons. The van der Waals surface area contributed by atoms with E-state index in [1.165, 1.54) is 11.1 Å². The van der Waals surface area contributed by atoms with E-state index < -0.39 is 0 Å². The second-order valence-corrected chi connectivity index (χ2v) is 3.50. The van der Waals surface area contributed by atoms with Crippen molar-refractivity contribution in [2.75, 3.05) is 0 Å². The topological polar surface area (TPSA) is 53.6 Å². The lowest BCUT2D eigenvalue weighted by molar-refractivity contribution is 0.574. The molecule has 78 valence electrons. The molecule has 1 atom stereocenters. The van der Waals surface area contributed by atoms with Crippen LogP contribution in [0.25, 0.3) is 0 Å². The summed E-state index contributed by atoms with van der Waals surface area (Å²) in [7, 11) is 0. The van der Waals surface area contributed by atoms with Crippen LogP contribution in [0.15, 0.2) is 36.9 Å². The second-order valence-electron chi connectivity index (χ2n) is 3.50. The number of hydrogen-bond acceptors (Lipinski definition) is 3. The monoisotopic (exact) mass is 202 g/mol. The molecule has 2 rings (SSSR count). The van der Waals surface area contributed by atoms with Gasteiger partial charge in [0.2, 0.25) is 0 Å². The van der Waals surface area contributed by atoms with Crippen molar-refractivity contribution in [3.05, 3.63) is 48.0 Å². The van der Waals surface area contributed by atoms with Crippen LogP contribution in [0.4, 0.5) is 0 Å². The molecule has 0 aliphatic rings. The molecule has 0 spiro atoms. The van der Waals surface area contributed by atoms with E-state index in [9.17, 15) is 0 Å². The van der Waals surface area contributed by atoms with E-state index in [0.717, 1.165) is 6.54 Å². The predicted octanol–water partition coefficient (Wildman–Crippen LogP) is 1.66. The average molecular weight is 202 g/mol. The molecule has 0 bridgehead atoms. The van der Waals surface area contributed by atoms with Crippen molar-refractivity contribution < 1.29 is 0 Å². The molecular weight excluding hydrogens is 188 g/mol. The number of pyridine rings is 1. The van der Waals surface area contributed by atoms with Crippen LogP contribution in [0.2, 0.25) is 0 Å². The highest BCUT2D eigenvalue weighted by atomic mass is 15.1. The van der Waals surface area contributed by atoms with Gasteiger partial charge in [0.15, 0.2) is 0 Å². The number of aromatic nitrogens is 3. The first kappa shape index (κ1) is 9.86. The second kappa shape index (κ2) is 4.70. The third-order valence-electron chi connectivity index (χ3n) is 2.35. The summed E-state index contributed by atoms with van der Waals surface area (Å²) in [6.07, 6.45) is 7.39. The summed E-state index contributed by atoms with van der Waals surface area (Å²) in [6.45, 7) is 2.93. The van der Waals surface area contributed by atoms with E-state index in [1.807, 2.05) is 24.7 Å². The lowest BCUT2D eigenvalue weighted by Crippen LogP contribution is -2.17. The third-order valence-corrected chi connectivity index (χ3v) is 2.35. The number of aromatic amines is 1. The smallest absolute Gasteiger partial charge is 0.0534 e. The average Bonchev–Trinajstić information content (AvgIpc) is 2.81. The summed E-state index contributed by atoms with van der Waals surface area (Å²) in [5, 5.41) is 10.1. The molecule has 4 heteroatoms. The SMILES string of the molecule is CC(NCc1cccnc1)c1cn[nH]c1. The Bertz CT molecular complexity index is 382. The number of nitrogens with one attached hydrogen (secondary N) is 2. The van der Waals surface area contributed by atoms with Gasteiger partial charge in [0, 0.05) is 36.7 Å². The molecule has 2 heterocycles. The highest BCUT2D eigenvalue weighted by molar-refractivity contribution is 5.11. The Morgan fingerprint density at radius 1 is 1.47 bits per heavy atom. The first-order valence-electron chi connectivity index (χ1n) is 4.97. The summed E-state index contributed by atoms with van der Waals surface area (Å²) in [5.74, 6) is 0. The Balaban J connectivity index is 1.89. The molecule has 0 saturated heterocycles. The molecular formula is C11H14N4. The van der Waals surface area contributed by atoms with Crippen molar-refractivity contribution in [1.82, 2.24) is 20.5 Å². The van der Waals surface area contributed by atoms with Crippen molar-refractivity contribution in [1.29, 1.82) is 0 Å².